The first kappa shape index (κ1) is 19.8. The van der Waals surface area contributed by atoms with Crippen molar-refractivity contribution in [2.75, 3.05) is 12.4 Å². The van der Waals surface area contributed by atoms with Gasteiger partial charge in [0.15, 0.2) is 0 Å². The molecule has 3 aromatic carbocycles. The van der Waals surface area contributed by atoms with E-state index < -0.39 is 10.0 Å². The second-order valence-corrected chi connectivity index (χ2v) is 8.63. The largest absolute Gasteiger partial charge is 0.327 e. The highest BCUT2D eigenvalue weighted by molar-refractivity contribution is 7.89. The Morgan fingerprint density at radius 2 is 1.60 bits per heavy atom. The maximum atomic E-state index is 12.5. The van der Waals surface area contributed by atoms with E-state index in [1.54, 1.807) is 0 Å². The van der Waals surface area contributed by atoms with Crippen LogP contribution in [-0.2, 0) is 17.1 Å². The van der Waals surface area contributed by atoms with Crippen LogP contribution in [0.5, 0.6) is 0 Å². The third-order valence-corrected chi connectivity index (χ3v) is 6.31. The molecule has 0 aliphatic heterocycles. The number of nitrogens with zero attached hydrogens (tertiary/aromatic N) is 2. The molecule has 0 radical (unpaired) electrons. The molecule has 1 amide bonds. The number of fused-ring (bicyclic) bond motifs is 1. The Morgan fingerprint density at radius 3 is 2.23 bits per heavy atom. The molecular formula is C22H20N4O3S. The van der Waals surface area contributed by atoms with Crippen molar-refractivity contribution in [1.82, 2.24) is 14.3 Å². The lowest BCUT2D eigenvalue weighted by Gasteiger charge is -2.08. The Labute approximate surface area is 174 Å². The standard InChI is InChI=1S/C22H20N4O3S/c1-23-30(28,29)18-13-9-16(10-14-18)22(27)24-17-11-7-15(8-12-17)21-25-19-5-3-4-6-20(19)26(21)2/h3-14,23H,1-2H3,(H,24,27). The Balaban J connectivity index is 1.52. The number of imidazole rings is 1. The zero-order chi connectivity index (χ0) is 21.3. The molecule has 2 N–H and O–H groups in total. The zero-order valence-electron chi connectivity index (χ0n) is 16.5. The van der Waals surface area contributed by atoms with Crippen LogP contribution >= 0.6 is 0 Å². The number of para-hydroxylation sites is 2. The SMILES string of the molecule is CNS(=O)(=O)c1ccc(C(=O)Nc2ccc(-c3nc4ccccc4n3C)cc2)cc1. The van der Waals surface area contributed by atoms with E-state index in [2.05, 4.69) is 15.0 Å². The number of rotatable bonds is 5. The maximum absolute atomic E-state index is 12.5. The molecular weight excluding hydrogens is 400 g/mol. The van der Waals surface area contributed by atoms with Gasteiger partial charge in [0.05, 0.1) is 15.9 Å². The van der Waals surface area contributed by atoms with Gasteiger partial charge in [-0.15, -0.1) is 0 Å². The monoisotopic (exact) mass is 420 g/mol. The van der Waals surface area contributed by atoms with Crippen LogP contribution in [0.3, 0.4) is 0 Å². The Morgan fingerprint density at radius 1 is 0.933 bits per heavy atom. The summed E-state index contributed by atoms with van der Waals surface area (Å²) in [5.41, 5.74) is 3.91. The normalized spacial score (nSPS) is 11.5. The Hall–Kier alpha value is -3.49. The van der Waals surface area contributed by atoms with Crippen molar-refractivity contribution in [3.63, 3.8) is 0 Å². The zero-order valence-corrected chi connectivity index (χ0v) is 17.3. The van der Waals surface area contributed by atoms with Gasteiger partial charge in [-0.3, -0.25) is 4.79 Å². The third kappa shape index (κ3) is 3.70. The minimum absolute atomic E-state index is 0.105. The summed E-state index contributed by atoms with van der Waals surface area (Å²) < 4.78 is 27.8. The smallest absolute Gasteiger partial charge is 0.255 e. The lowest BCUT2D eigenvalue weighted by atomic mass is 10.1. The summed E-state index contributed by atoms with van der Waals surface area (Å²) in [4.78, 5) is 17.3. The lowest BCUT2D eigenvalue weighted by molar-refractivity contribution is 0.102. The van der Waals surface area contributed by atoms with Crippen molar-refractivity contribution in [2.45, 2.75) is 4.90 Å². The number of anilines is 1. The molecule has 0 fully saturated rings. The summed E-state index contributed by atoms with van der Waals surface area (Å²) >= 11 is 0. The van der Waals surface area contributed by atoms with E-state index in [9.17, 15) is 13.2 Å². The Bertz CT molecular complexity index is 1330. The number of aromatic nitrogens is 2. The number of hydrogen-bond acceptors (Lipinski definition) is 4. The van der Waals surface area contributed by atoms with Crippen molar-refractivity contribution in [1.29, 1.82) is 0 Å². The molecule has 0 aliphatic carbocycles. The summed E-state index contributed by atoms with van der Waals surface area (Å²) in [6.45, 7) is 0. The number of nitrogens with one attached hydrogen (secondary N) is 2. The van der Waals surface area contributed by atoms with E-state index in [1.807, 2.05) is 60.1 Å². The van der Waals surface area contributed by atoms with Gasteiger partial charge in [-0.2, -0.15) is 0 Å². The molecule has 152 valence electrons. The van der Waals surface area contributed by atoms with Crippen LogP contribution in [0.1, 0.15) is 10.4 Å². The van der Waals surface area contributed by atoms with Gasteiger partial charge in [0.1, 0.15) is 5.82 Å². The van der Waals surface area contributed by atoms with Crippen LogP contribution in [0.4, 0.5) is 5.69 Å². The van der Waals surface area contributed by atoms with Crippen LogP contribution in [0.2, 0.25) is 0 Å². The molecule has 7 nitrogen and oxygen atoms in total. The highest BCUT2D eigenvalue weighted by Gasteiger charge is 2.13. The second kappa shape index (κ2) is 7.74. The van der Waals surface area contributed by atoms with E-state index in [0.717, 1.165) is 22.4 Å². The van der Waals surface area contributed by atoms with Crippen LogP contribution in [0.25, 0.3) is 22.4 Å². The van der Waals surface area contributed by atoms with Gasteiger partial charge in [-0.1, -0.05) is 12.1 Å². The predicted octanol–water partition coefficient (Wildman–Crippen LogP) is 3.40. The molecule has 4 rings (SSSR count). The van der Waals surface area contributed by atoms with E-state index in [1.165, 1.54) is 31.3 Å². The average Bonchev–Trinajstić information content (AvgIpc) is 3.11. The Kier molecular flexibility index (Phi) is 5.11. The number of sulfonamides is 1. The van der Waals surface area contributed by atoms with Gasteiger partial charge in [0.2, 0.25) is 10.0 Å². The molecule has 8 heteroatoms. The molecule has 0 saturated heterocycles. The molecule has 1 aromatic heterocycles. The summed E-state index contributed by atoms with van der Waals surface area (Å²) in [5, 5.41) is 2.82. The highest BCUT2D eigenvalue weighted by Crippen LogP contribution is 2.25. The van der Waals surface area contributed by atoms with Gasteiger partial charge in [0.25, 0.3) is 5.91 Å². The number of hydrogen-bond donors (Lipinski definition) is 2. The van der Waals surface area contributed by atoms with E-state index in [0.29, 0.717) is 11.3 Å². The maximum Gasteiger partial charge on any atom is 0.255 e. The quantitative estimate of drug-likeness (QED) is 0.518. The van der Waals surface area contributed by atoms with Crippen LogP contribution in [-0.4, -0.2) is 30.9 Å². The minimum Gasteiger partial charge on any atom is -0.327 e. The first-order valence-corrected chi connectivity index (χ1v) is 10.7. The summed E-state index contributed by atoms with van der Waals surface area (Å²) in [5.74, 6) is 0.522. The molecule has 0 bridgehead atoms. The van der Waals surface area contributed by atoms with E-state index >= 15 is 0 Å². The number of amides is 1. The summed E-state index contributed by atoms with van der Waals surface area (Å²) in [6, 6.07) is 21.1. The minimum atomic E-state index is -3.53. The number of carbonyl (C=O) groups is 1. The molecule has 1 heterocycles. The lowest BCUT2D eigenvalue weighted by Crippen LogP contribution is -2.19. The molecule has 4 aromatic rings. The number of carbonyl (C=O) groups excluding carboxylic acids is 1. The highest BCUT2D eigenvalue weighted by atomic mass is 32.2. The third-order valence-electron chi connectivity index (χ3n) is 4.88. The molecule has 0 spiro atoms. The van der Waals surface area contributed by atoms with E-state index in [4.69, 9.17) is 0 Å². The molecule has 0 unspecified atom stereocenters. The van der Waals surface area contributed by atoms with Gasteiger partial charge in [-0.25, -0.2) is 18.1 Å². The molecule has 0 atom stereocenters. The van der Waals surface area contributed by atoms with Crippen molar-refractivity contribution in [3.8, 4) is 11.4 Å². The van der Waals surface area contributed by atoms with Gasteiger partial charge in [-0.05, 0) is 67.7 Å². The fraction of sp³-hybridized carbons (Fsp3) is 0.0909. The van der Waals surface area contributed by atoms with E-state index in [-0.39, 0.29) is 10.8 Å². The molecule has 0 aliphatic rings. The first-order chi connectivity index (χ1) is 14.4. The second-order valence-electron chi connectivity index (χ2n) is 6.75. The summed E-state index contributed by atoms with van der Waals surface area (Å²) in [7, 11) is -0.223. The summed E-state index contributed by atoms with van der Waals surface area (Å²) in [6.07, 6.45) is 0. The van der Waals surface area contributed by atoms with Gasteiger partial charge >= 0.3 is 0 Å². The van der Waals surface area contributed by atoms with Gasteiger partial charge < -0.3 is 9.88 Å². The molecule has 0 saturated carbocycles. The van der Waals surface area contributed by atoms with Crippen molar-refractivity contribution in [3.05, 3.63) is 78.4 Å². The predicted molar refractivity (Wildman–Crippen MR) is 117 cm³/mol. The fourth-order valence-electron chi connectivity index (χ4n) is 3.21. The van der Waals surface area contributed by atoms with Crippen molar-refractivity contribution in [2.24, 2.45) is 7.05 Å². The number of aryl methyl sites for hydroxylation is 1. The van der Waals surface area contributed by atoms with Crippen molar-refractivity contribution >= 4 is 32.7 Å². The topological polar surface area (TPSA) is 93.1 Å². The van der Waals surface area contributed by atoms with Crippen LogP contribution < -0.4 is 10.0 Å². The average molecular weight is 420 g/mol. The fourth-order valence-corrected chi connectivity index (χ4v) is 3.94. The first-order valence-electron chi connectivity index (χ1n) is 9.26. The van der Waals surface area contributed by atoms with Crippen LogP contribution in [0, 0.1) is 0 Å². The van der Waals surface area contributed by atoms with Gasteiger partial charge in [0, 0.05) is 23.9 Å². The number of benzene rings is 3. The van der Waals surface area contributed by atoms with Crippen LogP contribution in [0.15, 0.2) is 77.7 Å². The van der Waals surface area contributed by atoms with Crippen molar-refractivity contribution < 1.29 is 13.2 Å². The molecule has 30 heavy (non-hydrogen) atoms.